The molecule has 1 atom stereocenters. The fourth-order valence-electron chi connectivity index (χ4n) is 3.20. The highest BCUT2D eigenvalue weighted by molar-refractivity contribution is 9.11. The number of hydrogen-bond donors (Lipinski definition) is 1. The first-order valence-corrected chi connectivity index (χ1v) is 9.26. The molecule has 1 aromatic rings. The molecule has 1 aliphatic heterocycles. The van der Waals surface area contributed by atoms with E-state index in [0.717, 1.165) is 6.54 Å². The van der Waals surface area contributed by atoms with Crippen LogP contribution in [0.25, 0.3) is 0 Å². The van der Waals surface area contributed by atoms with Crippen molar-refractivity contribution < 1.29 is 0 Å². The van der Waals surface area contributed by atoms with Gasteiger partial charge in [0.15, 0.2) is 0 Å². The van der Waals surface area contributed by atoms with Crippen LogP contribution in [0.4, 0.5) is 0 Å². The topological polar surface area (TPSA) is 18.5 Å². The third kappa shape index (κ3) is 3.63. The van der Waals surface area contributed by atoms with Gasteiger partial charge in [0, 0.05) is 50.2 Å². The van der Waals surface area contributed by atoms with Crippen molar-refractivity contribution in [2.24, 2.45) is 0 Å². The van der Waals surface area contributed by atoms with Crippen LogP contribution < -0.4 is 5.32 Å². The summed E-state index contributed by atoms with van der Waals surface area (Å²) in [4.78, 5) is 6.58. The maximum absolute atomic E-state index is 3.78. The largest absolute Gasteiger partial charge is 0.309 e. The molecule has 1 fully saturated rings. The second-order valence-electron chi connectivity index (χ2n) is 5.97. The summed E-state index contributed by atoms with van der Waals surface area (Å²) < 4.78 is 1.29. The van der Waals surface area contributed by atoms with Gasteiger partial charge in [-0.25, -0.2) is 0 Å². The predicted molar refractivity (Wildman–Crippen MR) is 89.6 cm³/mol. The summed E-state index contributed by atoms with van der Waals surface area (Å²) in [7, 11) is 2.22. The van der Waals surface area contributed by atoms with E-state index in [9.17, 15) is 0 Å². The molecular weight excluding hydrogens is 334 g/mol. The summed E-state index contributed by atoms with van der Waals surface area (Å²) in [5, 5.41) is 3.78. The molecule has 0 saturated carbocycles. The summed E-state index contributed by atoms with van der Waals surface area (Å²) in [6.07, 6.45) is 3.88. The third-order valence-electron chi connectivity index (χ3n) is 4.50. The lowest BCUT2D eigenvalue weighted by molar-refractivity contribution is 0.153. The Morgan fingerprint density at radius 1 is 1.35 bits per heavy atom. The molecule has 1 aliphatic carbocycles. The Morgan fingerprint density at radius 3 is 2.95 bits per heavy atom. The molecule has 1 saturated heterocycles. The number of fused-ring (bicyclic) bond motifs is 1. The zero-order valence-electron chi connectivity index (χ0n) is 12.2. The van der Waals surface area contributed by atoms with Gasteiger partial charge in [0.1, 0.15) is 0 Å². The smallest absolute Gasteiger partial charge is 0.0704 e. The zero-order chi connectivity index (χ0) is 13.9. The van der Waals surface area contributed by atoms with Crippen LogP contribution in [0.3, 0.4) is 0 Å². The number of hydrogen-bond acceptors (Lipinski definition) is 4. The lowest BCUT2D eigenvalue weighted by Crippen LogP contribution is -2.46. The van der Waals surface area contributed by atoms with Crippen molar-refractivity contribution >= 4 is 27.3 Å². The first kappa shape index (κ1) is 15.0. The van der Waals surface area contributed by atoms with E-state index in [1.807, 2.05) is 11.3 Å². The molecule has 0 aromatic carbocycles. The van der Waals surface area contributed by atoms with Gasteiger partial charge in [0.25, 0.3) is 0 Å². The molecular formula is C15H24BrN3S. The minimum absolute atomic E-state index is 0.578. The maximum Gasteiger partial charge on any atom is 0.0704 e. The molecule has 0 bridgehead atoms. The summed E-state index contributed by atoms with van der Waals surface area (Å²) in [6, 6.07) is 2.90. The summed E-state index contributed by atoms with van der Waals surface area (Å²) in [6.45, 7) is 7.17. The van der Waals surface area contributed by atoms with E-state index in [0.29, 0.717) is 6.04 Å². The van der Waals surface area contributed by atoms with Crippen LogP contribution in [-0.2, 0) is 6.42 Å². The highest BCUT2D eigenvalue weighted by Crippen LogP contribution is 2.37. The molecule has 0 radical (unpaired) electrons. The molecule has 20 heavy (non-hydrogen) atoms. The van der Waals surface area contributed by atoms with Crippen molar-refractivity contribution in [3.05, 3.63) is 20.3 Å². The Hall–Kier alpha value is 0.0600. The predicted octanol–water partition coefficient (Wildman–Crippen LogP) is 2.73. The second kappa shape index (κ2) is 6.88. The highest BCUT2D eigenvalue weighted by Gasteiger charge is 2.22. The summed E-state index contributed by atoms with van der Waals surface area (Å²) in [5.41, 5.74) is 1.55. The molecule has 0 amide bonds. The number of piperazine rings is 1. The first-order valence-electron chi connectivity index (χ1n) is 7.65. The van der Waals surface area contributed by atoms with Gasteiger partial charge < -0.3 is 10.2 Å². The van der Waals surface area contributed by atoms with E-state index in [1.54, 1.807) is 10.4 Å². The highest BCUT2D eigenvalue weighted by atomic mass is 79.9. The Balaban J connectivity index is 1.47. The van der Waals surface area contributed by atoms with Crippen molar-refractivity contribution in [1.29, 1.82) is 0 Å². The van der Waals surface area contributed by atoms with Gasteiger partial charge >= 0.3 is 0 Å². The molecule has 2 aliphatic rings. The number of likely N-dealkylation sites (N-methyl/N-ethyl adjacent to an activating group) is 1. The molecule has 2 heterocycles. The Bertz CT molecular complexity index is 440. The molecule has 1 unspecified atom stereocenters. The number of aryl methyl sites for hydroxylation is 1. The quantitative estimate of drug-likeness (QED) is 0.893. The van der Waals surface area contributed by atoms with Crippen LogP contribution >= 0.6 is 27.3 Å². The van der Waals surface area contributed by atoms with Crippen LogP contribution in [0, 0.1) is 0 Å². The maximum atomic E-state index is 3.78. The molecule has 1 aromatic heterocycles. The van der Waals surface area contributed by atoms with Gasteiger partial charge in [-0.05, 0) is 53.9 Å². The third-order valence-corrected chi connectivity index (χ3v) is 6.21. The number of nitrogens with zero attached hydrogens (tertiary/aromatic N) is 2. The van der Waals surface area contributed by atoms with Crippen molar-refractivity contribution in [3.63, 3.8) is 0 Å². The van der Waals surface area contributed by atoms with Crippen LogP contribution in [0.15, 0.2) is 9.85 Å². The van der Waals surface area contributed by atoms with Crippen molar-refractivity contribution in [2.45, 2.75) is 25.3 Å². The van der Waals surface area contributed by atoms with E-state index in [1.165, 1.54) is 55.8 Å². The SMILES string of the molecule is CN1CCN(CCNC2CCCc3sc(Br)cc32)CC1. The van der Waals surface area contributed by atoms with E-state index >= 15 is 0 Å². The molecule has 1 N–H and O–H groups in total. The van der Waals surface area contributed by atoms with E-state index < -0.39 is 0 Å². The van der Waals surface area contributed by atoms with Crippen LogP contribution in [0.5, 0.6) is 0 Å². The van der Waals surface area contributed by atoms with E-state index in [4.69, 9.17) is 0 Å². The van der Waals surface area contributed by atoms with Gasteiger partial charge in [-0.3, -0.25) is 4.90 Å². The van der Waals surface area contributed by atoms with Gasteiger partial charge in [-0.1, -0.05) is 0 Å². The van der Waals surface area contributed by atoms with Gasteiger partial charge in [-0.2, -0.15) is 0 Å². The first-order chi connectivity index (χ1) is 9.72. The van der Waals surface area contributed by atoms with Gasteiger partial charge in [0.05, 0.1) is 3.79 Å². The number of rotatable bonds is 4. The summed E-state index contributed by atoms with van der Waals surface area (Å²) >= 11 is 5.55. The molecule has 3 rings (SSSR count). The van der Waals surface area contributed by atoms with E-state index in [-0.39, 0.29) is 0 Å². The van der Waals surface area contributed by atoms with E-state index in [2.05, 4.69) is 44.2 Å². The molecule has 0 spiro atoms. The Morgan fingerprint density at radius 2 is 2.15 bits per heavy atom. The number of halogens is 1. The van der Waals surface area contributed by atoms with Crippen molar-refractivity contribution in [3.8, 4) is 0 Å². The average Bonchev–Trinajstić information content (AvgIpc) is 2.82. The van der Waals surface area contributed by atoms with Crippen molar-refractivity contribution in [1.82, 2.24) is 15.1 Å². The average molecular weight is 358 g/mol. The second-order valence-corrected chi connectivity index (χ2v) is 8.49. The fourth-order valence-corrected chi connectivity index (χ4v) is 5.02. The van der Waals surface area contributed by atoms with Crippen LogP contribution in [0.1, 0.15) is 29.3 Å². The Labute approximate surface area is 134 Å². The molecule has 3 nitrogen and oxygen atoms in total. The molecule has 112 valence electrons. The normalized spacial score (nSPS) is 24.8. The Kier molecular flexibility index (Phi) is 5.15. The zero-order valence-corrected chi connectivity index (χ0v) is 14.6. The van der Waals surface area contributed by atoms with Crippen molar-refractivity contribution in [2.75, 3.05) is 46.3 Å². The van der Waals surface area contributed by atoms with Gasteiger partial charge in [-0.15, -0.1) is 11.3 Å². The van der Waals surface area contributed by atoms with Crippen LogP contribution in [0.2, 0.25) is 0 Å². The minimum Gasteiger partial charge on any atom is -0.309 e. The minimum atomic E-state index is 0.578. The monoisotopic (exact) mass is 357 g/mol. The lowest BCUT2D eigenvalue weighted by Gasteiger charge is -2.33. The molecule has 5 heteroatoms. The number of thiophene rings is 1. The van der Waals surface area contributed by atoms with Gasteiger partial charge in [0.2, 0.25) is 0 Å². The standard InChI is InChI=1S/C15H24BrN3S/c1-18-7-9-19(10-8-18)6-5-17-13-3-2-4-14-12(13)11-15(16)20-14/h11,13,17H,2-10H2,1H3. The lowest BCUT2D eigenvalue weighted by atomic mass is 9.94. The fraction of sp³-hybridized carbons (Fsp3) is 0.733. The summed E-state index contributed by atoms with van der Waals surface area (Å²) in [5.74, 6) is 0. The number of nitrogens with one attached hydrogen (secondary N) is 1. The van der Waals surface area contributed by atoms with Crippen LogP contribution in [-0.4, -0.2) is 56.1 Å².